The van der Waals surface area contributed by atoms with E-state index in [0.717, 1.165) is 23.4 Å². The maximum Gasteiger partial charge on any atom is 0.243 e. The highest BCUT2D eigenvalue weighted by molar-refractivity contribution is 8.00. The zero-order valence-electron chi connectivity index (χ0n) is 12.4. The monoisotopic (exact) mass is 304 g/mol. The van der Waals surface area contributed by atoms with Gasteiger partial charge in [-0.05, 0) is 38.8 Å². The summed E-state index contributed by atoms with van der Waals surface area (Å²) in [5, 5.41) is 0. The lowest BCUT2D eigenvalue weighted by molar-refractivity contribution is -0.133. The number of thioether (sulfide) groups is 1. The van der Waals surface area contributed by atoms with Crippen LogP contribution >= 0.6 is 11.8 Å². The van der Waals surface area contributed by atoms with Gasteiger partial charge in [0.05, 0.1) is 11.4 Å². The summed E-state index contributed by atoms with van der Waals surface area (Å²) in [7, 11) is 0. The van der Waals surface area contributed by atoms with E-state index >= 15 is 0 Å². The second kappa shape index (κ2) is 5.72. The molecule has 1 fully saturated rings. The molecule has 0 aromatic heterocycles. The molecule has 1 saturated carbocycles. The largest absolute Gasteiger partial charge is 0.336 e. The van der Waals surface area contributed by atoms with Crippen molar-refractivity contribution < 1.29 is 9.59 Å². The van der Waals surface area contributed by atoms with Gasteiger partial charge in [0.2, 0.25) is 11.8 Å². The fourth-order valence-electron chi connectivity index (χ4n) is 2.81. The van der Waals surface area contributed by atoms with Gasteiger partial charge in [0.15, 0.2) is 0 Å². The summed E-state index contributed by atoms with van der Waals surface area (Å²) in [4.78, 5) is 29.5. The predicted octanol–water partition coefficient (Wildman–Crippen LogP) is 2.52. The highest BCUT2D eigenvalue weighted by Crippen LogP contribution is 2.35. The van der Waals surface area contributed by atoms with E-state index in [2.05, 4.69) is 0 Å². The van der Waals surface area contributed by atoms with Gasteiger partial charge in [0.25, 0.3) is 0 Å². The van der Waals surface area contributed by atoms with Crippen LogP contribution in [0.5, 0.6) is 0 Å². The van der Waals surface area contributed by atoms with Crippen molar-refractivity contribution in [2.75, 3.05) is 17.2 Å². The van der Waals surface area contributed by atoms with E-state index in [1.54, 1.807) is 16.7 Å². The van der Waals surface area contributed by atoms with Crippen LogP contribution in [0.15, 0.2) is 29.2 Å². The summed E-state index contributed by atoms with van der Waals surface area (Å²) < 4.78 is 0. The zero-order valence-corrected chi connectivity index (χ0v) is 13.2. The Kier molecular flexibility index (Phi) is 3.93. The number of benzene rings is 1. The molecule has 0 spiro atoms. The SMILES string of the molecule is CC(C)N(C(=O)CN1C(=O)CSc2ccccc21)C1CC1. The van der Waals surface area contributed by atoms with Gasteiger partial charge in [-0.25, -0.2) is 0 Å². The number of carbonyl (C=O) groups excluding carboxylic acids is 2. The lowest BCUT2D eigenvalue weighted by Gasteiger charge is -2.32. The van der Waals surface area contributed by atoms with Gasteiger partial charge < -0.3 is 9.80 Å². The summed E-state index contributed by atoms with van der Waals surface area (Å²) in [5.41, 5.74) is 0.867. The standard InChI is InChI=1S/C16H20N2O2S/c1-11(2)18(12-7-8-12)15(19)9-17-13-5-3-4-6-14(13)21-10-16(17)20/h3-6,11-12H,7-10H2,1-2H3. The number of carbonyl (C=O) groups is 2. The van der Waals surface area contributed by atoms with Crippen molar-refractivity contribution in [2.24, 2.45) is 0 Å². The van der Waals surface area contributed by atoms with Crippen LogP contribution in [0.3, 0.4) is 0 Å². The van der Waals surface area contributed by atoms with Crippen molar-refractivity contribution >= 4 is 29.3 Å². The third-order valence-electron chi connectivity index (χ3n) is 3.89. The third-order valence-corrected chi connectivity index (χ3v) is 4.93. The highest BCUT2D eigenvalue weighted by Gasteiger charge is 2.36. The van der Waals surface area contributed by atoms with Crippen molar-refractivity contribution in [2.45, 2.75) is 43.7 Å². The number of anilines is 1. The van der Waals surface area contributed by atoms with Gasteiger partial charge in [0.1, 0.15) is 6.54 Å². The van der Waals surface area contributed by atoms with Crippen molar-refractivity contribution in [3.63, 3.8) is 0 Å². The summed E-state index contributed by atoms with van der Waals surface area (Å²) in [6, 6.07) is 8.37. The lowest BCUT2D eigenvalue weighted by Crippen LogP contribution is -2.48. The summed E-state index contributed by atoms with van der Waals surface area (Å²) in [6.07, 6.45) is 2.18. The van der Waals surface area contributed by atoms with E-state index in [9.17, 15) is 9.59 Å². The molecular formula is C16H20N2O2S. The van der Waals surface area contributed by atoms with Crippen molar-refractivity contribution in [1.29, 1.82) is 0 Å². The van der Waals surface area contributed by atoms with E-state index in [1.807, 2.05) is 43.0 Å². The van der Waals surface area contributed by atoms with Crippen LogP contribution < -0.4 is 4.90 Å². The minimum atomic E-state index is 0.0200. The second-order valence-electron chi connectivity index (χ2n) is 5.86. The van der Waals surface area contributed by atoms with E-state index < -0.39 is 0 Å². The summed E-state index contributed by atoms with van der Waals surface area (Å²) >= 11 is 1.54. The molecule has 0 saturated heterocycles. The van der Waals surface area contributed by atoms with Crippen LogP contribution in [0.25, 0.3) is 0 Å². The number of para-hydroxylation sites is 1. The molecule has 5 heteroatoms. The Bertz CT molecular complexity index is 567. The predicted molar refractivity (Wildman–Crippen MR) is 84.5 cm³/mol. The van der Waals surface area contributed by atoms with Gasteiger partial charge in [-0.2, -0.15) is 0 Å². The Morgan fingerprint density at radius 2 is 2.10 bits per heavy atom. The maximum atomic E-state index is 12.6. The number of hydrogen-bond donors (Lipinski definition) is 0. The van der Waals surface area contributed by atoms with Gasteiger partial charge in [-0.3, -0.25) is 9.59 Å². The minimum absolute atomic E-state index is 0.0200. The fraction of sp³-hybridized carbons (Fsp3) is 0.500. The topological polar surface area (TPSA) is 40.6 Å². The quantitative estimate of drug-likeness (QED) is 0.858. The molecule has 4 nitrogen and oxygen atoms in total. The minimum Gasteiger partial charge on any atom is -0.336 e. The molecule has 2 amide bonds. The van der Waals surface area contributed by atoms with Crippen LogP contribution in [0.2, 0.25) is 0 Å². The molecule has 1 aromatic rings. The molecule has 1 aliphatic heterocycles. The molecule has 1 heterocycles. The third kappa shape index (κ3) is 2.93. The second-order valence-corrected chi connectivity index (χ2v) is 6.88. The first-order valence-electron chi connectivity index (χ1n) is 7.41. The number of hydrogen-bond acceptors (Lipinski definition) is 3. The average molecular weight is 304 g/mol. The maximum absolute atomic E-state index is 12.6. The number of fused-ring (bicyclic) bond motifs is 1. The van der Waals surface area contributed by atoms with E-state index in [-0.39, 0.29) is 24.4 Å². The Hall–Kier alpha value is -1.49. The van der Waals surface area contributed by atoms with E-state index in [0.29, 0.717) is 11.8 Å². The van der Waals surface area contributed by atoms with Crippen molar-refractivity contribution in [3.8, 4) is 0 Å². The molecule has 0 radical (unpaired) electrons. The lowest BCUT2D eigenvalue weighted by atomic mass is 10.2. The first-order valence-corrected chi connectivity index (χ1v) is 8.40. The van der Waals surface area contributed by atoms with Crippen LogP contribution in [0.1, 0.15) is 26.7 Å². The molecular weight excluding hydrogens is 284 g/mol. The normalized spacial score (nSPS) is 17.9. The van der Waals surface area contributed by atoms with Gasteiger partial charge in [-0.1, -0.05) is 12.1 Å². The molecule has 21 heavy (non-hydrogen) atoms. The number of nitrogens with zero attached hydrogens (tertiary/aromatic N) is 2. The fourth-order valence-corrected chi connectivity index (χ4v) is 3.75. The molecule has 2 aliphatic rings. The van der Waals surface area contributed by atoms with E-state index in [4.69, 9.17) is 0 Å². The van der Waals surface area contributed by atoms with Crippen LogP contribution in [-0.2, 0) is 9.59 Å². The summed E-state index contributed by atoms with van der Waals surface area (Å²) in [5.74, 6) is 0.490. The Morgan fingerprint density at radius 3 is 2.76 bits per heavy atom. The summed E-state index contributed by atoms with van der Waals surface area (Å²) in [6.45, 7) is 4.24. The van der Waals surface area contributed by atoms with Gasteiger partial charge >= 0.3 is 0 Å². The molecule has 112 valence electrons. The van der Waals surface area contributed by atoms with Gasteiger partial charge in [0, 0.05) is 17.0 Å². The number of rotatable bonds is 4. The molecule has 3 rings (SSSR count). The Morgan fingerprint density at radius 1 is 1.38 bits per heavy atom. The molecule has 0 N–H and O–H groups in total. The van der Waals surface area contributed by atoms with E-state index in [1.165, 1.54) is 0 Å². The molecule has 0 atom stereocenters. The average Bonchev–Trinajstić information content (AvgIpc) is 3.26. The van der Waals surface area contributed by atoms with Crippen LogP contribution in [0.4, 0.5) is 5.69 Å². The van der Waals surface area contributed by atoms with Gasteiger partial charge in [-0.15, -0.1) is 11.8 Å². The Labute approximate surface area is 129 Å². The molecule has 1 aromatic carbocycles. The van der Waals surface area contributed by atoms with Crippen molar-refractivity contribution in [1.82, 2.24) is 4.90 Å². The Balaban J connectivity index is 1.80. The van der Waals surface area contributed by atoms with Crippen LogP contribution in [-0.4, -0.2) is 41.1 Å². The first kappa shape index (κ1) is 14.4. The van der Waals surface area contributed by atoms with Crippen LogP contribution in [0, 0.1) is 0 Å². The number of amides is 2. The molecule has 0 bridgehead atoms. The highest BCUT2D eigenvalue weighted by atomic mass is 32.2. The first-order chi connectivity index (χ1) is 10.1. The smallest absolute Gasteiger partial charge is 0.243 e. The van der Waals surface area contributed by atoms with Crippen molar-refractivity contribution in [3.05, 3.63) is 24.3 Å². The molecule has 0 unspecified atom stereocenters. The molecule has 1 aliphatic carbocycles. The zero-order chi connectivity index (χ0) is 15.0.